The van der Waals surface area contributed by atoms with E-state index in [1.54, 1.807) is 0 Å². The van der Waals surface area contributed by atoms with Gasteiger partial charge in [-0.15, -0.1) is 0 Å². The second-order valence-corrected chi connectivity index (χ2v) is 4.85. The van der Waals surface area contributed by atoms with E-state index in [4.69, 9.17) is 0 Å². The Kier molecular flexibility index (Phi) is 7.03. The molecule has 0 aromatic heterocycles. The molecular weight excluding hydrogens is 184 g/mol. The third-order valence-electron chi connectivity index (χ3n) is 3.34. The van der Waals surface area contributed by atoms with E-state index in [0.29, 0.717) is 0 Å². The fraction of sp³-hybridized carbons (Fsp3) is 1.00. The second kappa shape index (κ2) is 8.12. The summed E-state index contributed by atoms with van der Waals surface area (Å²) in [6.07, 6.45) is 6.75. The van der Waals surface area contributed by atoms with Crippen molar-refractivity contribution < 1.29 is 0 Å². The molecule has 0 aliphatic carbocycles. The van der Waals surface area contributed by atoms with Gasteiger partial charge < -0.3 is 10.2 Å². The van der Waals surface area contributed by atoms with Crippen molar-refractivity contribution in [1.82, 2.24) is 10.2 Å². The number of unbranched alkanes of at least 4 members (excludes halogenated alkanes) is 1. The lowest BCUT2D eigenvalue weighted by molar-refractivity contribution is 0.203. The minimum Gasteiger partial charge on any atom is -0.317 e. The van der Waals surface area contributed by atoms with Crippen LogP contribution in [0.15, 0.2) is 0 Å². The fourth-order valence-corrected chi connectivity index (χ4v) is 2.42. The molecule has 1 fully saturated rings. The molecule has 2 heteroatoms. The first-order valence-electron chi connectivity index (χ1n) is 6.79. The Labute approximate surface area is 95.4 Å². The highest BCUT2D eigenvalue weighted by molar-refractivity contribution is 4.72. The van der Waals surface area contributed by atoms with Gasteiger partial charge in [0, 0.05) is 6.54 Å². The molecule has 2 nitrogen and oxygen atoms in total. The van der Waals surface area contributed by atoms with Crippen molar-refractivity contribution in [2.24, 2.45) is 5.92 Å². The molecule has 0 atom stereocenters. The van der Waals surface area contributed by atoms with Crippen LogP contribution in [-0.4, -0.2) is 37.6 Å². The van der Waals surface area contributed by atoms with Gasteiger partial charge in [-0.05, 0) is 57.8 Å². The third-order valence-corrected chi connectivity index (χ3v) is 3.34. The molecule has 1 aliphatic heterocycles. The van der Waals surface area contributed by atoms with Crippen molar-refractivity contribution in [1.29, 1.82) is 0 Å². The summed E-state index contributed by atoms with van der Waals surface area (Å²) >= 11 is 0. The van der Waals surface area contributed by atoms with Crippen LogP contribution in [0.1, 0.15) is 46.0 Å². The monoisotopic (exact) mass is 212 g/mol. The fourth-order valence-electron chi connectivity index (χ4n) is 2.42. The summed E-state index contributed by atoms with van der Waals surface area (Å²) in [6, 6.07) is 0. The molecule has 1 aliphatic rings. The Morgan fingerprint density at radius 1 is 1.07 bits per heavy atom. The number of nitrogens with zero attached hydrogens (tertiary/aromatic N) is 1. The summed E-state index contributed by atoms with van der Waals surface area (Å²) in [6.45, 7) is 11.0. The predicted molar refractivity (Wildman–Crippen MR) is 67.2 cm³/mol. The maximum atomic E-state index is 3.44. The summed E-state index contributed by atoms with van der Waals surface area (Å²) in [4.78, 5) is 2.68. The average Bonchev–Trinajstić information content (AvgIpc) is 2.28. The topological polar surface area (TPSA) is 15.3 Å². The molecule has 0 bridgehead atoms. The summed E-state index contributed by atoms with van der Waals surface area (Å²) in [5.74, 6) is 0.953. The van der Waals surface area contributed by atoms with Crippen LogP contribution in [-0.2, 0) is 0 Å². The van der Waals surface area contributed by atoms with Crippen LogP contribution in [0.3, 0.4) is 0 Å². The van der Waals surface area contributed by atoms with Crippen molar-refractivity contribution in [2.45, 2.75) is 46.0 Å². The largest absolute Gasteiger partial charge is 0.317 e. The van der Waals surface area contributed by atoms with Gasteiger partial charge in [-0.3, -0.25) is 0 Å². The van der Waals surface area contributed by atoms with Crippen molar-refractivity contribution in [3.63, 3.8) is 0 Å². The van der Waals surface area contributed by atoms with Crippen molar-refractivity contribution in [3.8, 4) is 0 Å². The Morgan fingerprint density at radius 3 is 2.40 bits per heavy atom. The van der Waals surface area contributed by atoms with Gasteiger partial charge >= 0.3 is 0 Å². The van der Waals surface area contributed by atoms with Crippen LogP contribution >= 0.6 is 0 Å². The summed E-state index contributed by atoms with van der Waals surface area (Å²) in [5.41, 5.74) is 0. The minimum atomic E-state index is 0.953. The first kappa shape index (κ1) is 13.0. The number of hydrogen-bond donors (Lipinski definition) is 1. The molecule has 0 amide bonds. The van der Waals surface area contributed by atoms with Gasteiger partial charge in [-0.25, -0.2) is 0 Å². The minimum absolute atomic E-state index is 0.953. The van der Waals surface area contributed by atoms with Gasteiger partial charge in [0.1, 0.15) is 0 Å². The van der Waals surface area contributed by atoms with E-state index < -0.39 is 0 Å². The molecule has 15 heavy (non-hydrogen) atoms. The molecule has 0 unspecified atom stereocenters. The van der Waals surface area contributed by atoms with Gasteiger partial charge in [0.15, 0.2) is 0 Å². The zero-order valence-corrected chi connectivity index (χ0v) is 10.6. The van der Waals surface area contributed by atoms with Crippen molar-refractivity contribution in [2.75, 3.05) is 32.7 Å². The highest BCUT2D eigenvalue weighted by Crippen LogP contribution is 2.14. The highest BCUT2D eigenvalue weighted by atomic mass is 15.1. The van der Waals surface area contributed by atoms with Crippen molar-refractivity contribution >= 4 is 0 Å². The number of piperidine rings is 1. The molecule has 0 spiro atoms. The SMILES string of the molecule is CCCCN(CCC)CC1CCNCC1. The highest BCUT2D eigenvalue weighted by Gasteiger charge is 2.15. The molecule has 90 valence electrons. The lowest BCUT2D eigenvalue weighted by Gasteiger charge is -2.29. The van der Waals surface area contributed by atoms with Gasteiger partial charge in [-0.2, -0.15) is 0 Å². The van der Waals surface area contributed by atoms with E-state index in [0.717, 1.165) is 5.92 Å². The van der Waals surface area contributed by atoms with Crippen LogP contribution in [0, 0.1) is 5.92 Å². The van der Waals surface area contributed by atoms with E-state index in [2.05, 4.69) is 24.1 Å². The summed E-state index contributed by atoms with van der Waals surface area (Å²) in [5, 5.41) is 3.44. The van der Waals surface area contributed by atoms with E-state index >= 15 is 0 Å². The number of hydrogen-bond acceptors (Lipinski definition) is 2. The van der Waals surface area contributed by atoms with Gasteiger partial charge in [-0.1, -0.05) is 20.3 Å². The van der Waals surface area contributed by atoms with Gasteiger partial charge in [0.2, 0.25) is 0 Å². The zero-order valence-electron chi connectivity index (χ0n) is 10.6. The van der Waals surface area contributed by atoms with Crippen LogP contribution in [0.25, 0.3) is 0 Å². The predicted octanol–water partition coefficient (Wildman–Crippen LogP) is 2.50. The van der Waals surface area contributed by atoms with Gasteiger partial charge in [0.05, 0.1) is 0 Å². The molecule has 1 N–H and O–H groups in total. The van der Waals surface area contributed by atoms with Crippen LogP contribution in [0.2, 0.25) is 0 Å². The van der Waals surface area contributed by atoms with E-state index in [-0.39, 0.29) is 0 Å². The molecule has 0 radical (unpaired) electrons. The molecule has 0 saturated carbocycles. The molecular formula is C13H28N2. The second-order valence-electron chi connectivity index (χ2n) is 4.85. The Balaban J connectivity index is 2.21. The summed E-state index contributed by atoms with van der Waals surface area (Å²) < 4.78 is 0. The lowest BCUT2D eigenvalue weighted by Crippen LogP contribution is -2.37. The van der Waals surface area contributed by atoms with E-state index in [1.165, 1.54) is 64.8 Å². The van der Waals surface area contributed by atoms with Gasteiger partial charge in [0.25, 0.3) is 0 Å². The molecule has 0 aromatic rings. The van der Waals surface area contributed by atoms with Crippen LogP contribution < -0.4 is 5.32 Å². The Bertz CT molecular complexity index is 141. The number of nitrogens with one attached hydrogen (secondary N) is 1. The van der Waals surface area contributed by atoms with Crippen LogP contribution in [0.5, 0.6) is 0 Å². The van der Waals surface area contributed by atoms with E-state index in [1.807, 2.05) is 0 Å². The lowest BCUT2D eigenvalue weighted by atomic mass is 9.97. The maximum Gasteiger partial charge on any atom is 0.00106 e. The standard InChI is InChI=1S/C13H28N2/c1-3-5-11-15(10-4-2)12-13-6-8-14-9-7-13/h13-14H,3-12H2,1-2H3. The molecule has 1 rings (SSSR count). The van der Waals surface area contributed by atoms with Crippen molar-refractivity contribution in [3.05, 3.63) is 0 Å². The average molecular weight is 212 g/mol. The molecule has 1 saturated heterocycles. The number of rotatable bonds is 7. The van der Waals surface area contributed by atoms with E-state index in [9.17, 15) is 0 Å². The molecule has 0 aromatic carbocycles. The first-order chi connectivity index (χ1) is 7.36. The smallest absolute Gasteiger partial charge is 0.00106 e. The molecule has 1 heterocycles. The van der Waals surface area contributed by atoms with Crippen LogP contribution in [0.4, 0.5) is 0 Å². The maximum absolute atomic E-state index is 3.44. The summed E-state index contributed by atoms with van der Waals surface area (Å²) in [7, 11) is 0. The Hall–Kier alpha value is -0.0800. The quantitative estimate of drug-likeness (QED) is 0.697. The normalized spacial score (nSPS) is 18.6. The zero-order chi connectivity index (χ0) is 10.9. The Morgan fingerprint density at radius 2 is 1.80 bits per heavy atom. The first-order valence-corrected chi connectivity index (χ1v) is 6.79. The third kappa shape index (κ3) is 5.53.